The van der Waals surface area contributed by atoms with Crippen LogP contribution in [0, 0.1) is 0 Å². The summed E-state index contributed by atoms with van der Waals surface area (Å²) in [6, 6.07) is 5.07. The van der Waals surface area contributed by atoms with Crippen molar-refractivity contribution in [2.24, 2.45) is 0 Å². The number of alkyl carbamates (subject to hydrolysis) is 1. The number of carbonyl (C=O) groups is 2. The van der Waals surface area contributed by atoms with Gasteiger partial charge in [0.05, 0.1) is 5.69 Å². The van der Waals surface area contributed by atoms with Crippen LogP contribution in [0.15, 0.2) is 24.4 Å². The minimum atomic E-state index is -0.895. The monoisotopic (exact) mass is 178 g/mol. The second-order valence-corrected chi connectivity index (χ2v) is 2.53. The maximum atomic E-state index is 11.1. The highest BCUT2D eigenvalue weighted by Crippen LogP contribution is 2.18. The van der Waals surface area contributed by atoms with Crippen molar-refractivity contribution in [2.75, 3.05) is 0 Å². The number of amides is 2. The summed E-state index contributed by atoms with van der Waals surface area (Å²) in [7, 11) is 0. The van der Waals surface area contributed by atoms with Crippen molar-refractivity contribution in [3.8, 4) is 0 Å². The zero-order valence-electron chi connectivity index (χ0n) is 6.56. The third-order valence-electron chi connectivity index (χ3n) is 1.64. The molecule has 1 aromatic heterocycles. The molecule has 0 radical (unpaired) electrons. The smallest absolute Gasteiger partial charge is 0.415 e. The predicted molar refractivity (Wildman–Crippen MR) is 41.6 cm³/mol. The SMILES string of the molecule is O=C1NC(=O)C(c2ccccn2)O1. The highest BCUT2D eigenvalue weighted by molar-refractivity contribution is 6.00. The van der Waals surface area contributed by atoms with Gasteiger partial charge in [0.15, 0.2) is 0 Å². The van der Waals surface area contributed by atoms with E-state index in [-0.39, 0.29) is 0 Å². The van der Waals surface area contributed by atoms with Gasteiger partial charge in [0, 0.05) is 6.20 Å². The standard InChI is InChI=1S/C8H6N2O3/c11-7-6(13-8(12)10-7)5-3-1-2-4-9-5/h1-4,6H,(H,10,11,12). The Balaban J connectivity index is 2.28. The van der Waals surface area contributed by atoms with E-state index in [4.69, 9.17) is 4.74 Å². The van der Waals surface area contributed by atoms with Crippen molar-refractivity contribution in [1.82, 2.24) is 10.3 Å². The number of pyridine rings is 1. The average Bonchev–Trinajstić information content (AvgIpc) is 2.47. The number of aromatic nitrogens is 1. The second-order valence-electron chi connectivity index (χ2n) is 2.53. The van der Waals surface area contributed by atoms with Gasteiger partial charge in [-0.1, -0.05) is 6.07 Å². The Morgan fingerprint density at radius 3 is 2.77 bits per heavy atom. The van der Waals surface area contributed by atoms with Crippen molar-refractivity contribution < 1.29 is 14.3 Å². The molecular formula is C8H6N2O3. The molecule has 2 heterocycles. The van der Waals surface area contributed by atoms with Gasteiger partial charge in [-0.15, -0.1) is 0 Å². The van der Waals surface area contributed by atoms with Gasteiger partial charge in [0.2, 0.25) is 6.10 Å². The van der Waals surface area contributed by atoms with E-state index in [1.165, 1.54) is 6.20 Å². The van der Waals surface area contributed by atoms with Crippen LogP contribution in [0.2, 0.25) is 0 Å². The molecule has 0 spiro atoms. The summed E-state index contributed by atoms with van der Waals surface area (Å²) in [6.45, 7) is 0. The van der Waals surface area contributed by atoms with Gasteiger partial charge in [-0.3, -0.25) is 15.1 Å². The molecule has 0 aliphatic carbocycles. The van der Waals surface area contributed by atoms with Crippen LogP contribution in [0.1, 0.15) is 11.8 Å². The van der Waals surface area contributed by atoms with Crippen LogP contribution in [0.3, 0.4) is 0 Å². The van der Waals surface area contributed by atoms with Crippen LogP contribution in [-0.4, -0.2) is 17.0 Å². The van der Waals surface area contributed by atoms with Gasteiger partial charge in [0.1, 0.15) is 0 Å². The van der Waals surface area contributed by atoms with Gasteiger partial charge in [0.25, 0.3) is 5.91 Å². The maximum Gasteiger partial charge on any atom is 0.415 e. The van der Waals surface area contributed by atoms with E-state index in [9.17, 15) is 9.59 Å². The quantitative estimate of drug-likeness (QED) is 0.675. The molecule has 1 saturated heterocycles. The number of rotatable bonds is 1. The van der Waals surface area contributed by atoms with Crippen LogP contribution in [0.25, 0.3) is 0 Å². The zero-order chi connectivity index (χ0) is 9.26. The fraction of sp³-hybridized carbons (Fsp3) is 0.125. The molecule has 5 nitrogen and oxygen atoms in total. The van der Waals surface area contributed by atoms with Gasteiger partial charge < -0.3 is 4.74 Å². The lowest BCUT2D eigenvalue weighted by atomic mass is 10.2. The molecule has 66 valence electrons. The average molecular weight is 178 g/mol. The molecule has 0 aromatic carbocycles. The topological polar surface area (TPSA) is 68.3 Å². The van der Waals surface area contributed by atoms with Crippen LogP contribution < -0.4 is 5.32 Å². The molecule has 2 rings (SSSR count). The van der Waals surface area contributed by atoms with Crippen LogP contribution in [0.4, 0.5) is 4.79 Å². The molecule has 1 fully saturated rings. The summed E-state index contributed by atoms with van der Waals surface area (Å²) < 4.78 is 4.70. The molecule has 1 aromatic rings. The first-order chi connectivity index (χ1) is 6.27. The Morgan fingerprint density at radius 1 is 1.38 bits per heavy atom. The first kappa shape index (κ1) is 7.72. The number of hydrogen-bond donors (Lipinski definition) is 1. The Hall–Kier alpha value is -1.91. The van der Waals surface area contributed by atoms with Gasteiger partial charge in [-0.05, 0) is 12.1 Å². The van der Waals surface area contributed by atoms with E-state index in [0.29, 0.717) is 5.69 Å². The largest absolute Gasteiger partial charge is 0.429 e. The van der Waals surface area contributed by atoms with E-state index in [1.54, 1.807) is 18.2 Å². The van der Waals surface area contributed by atoms with E-state index in [1.807, 2.05) is 5.32 Å². The van der Waals surface area contributed by atoms with Crippen LogP contribution in [-0.2, 0) is 9.53 Å². The molecule has 1 aliphatic rings. The van der Waals surface area contributed by atoms with Crippen molar-refractivity contribution in [3.05, 3.63) is 30.1 Å². The molecule has 1 atom stereocenters. The summed E-state index contributed by atoms with van der Waals surface area (Å²) in [5.41, 5.74) is 0.436. The molecule has 1 N–H and O–H groups in total. The Bertz CT molecular complexity index is 350. The number of carbonyl (C=O) groups excluding carboxylic acids is 2. The first-order valence-corrected chi connectivity index (χ1v) is 3.70. The number of nitrogens with zero attached hydrogens (tertiary/aromatic N) is 1. The summed E-state index contributed by atoms with van der Waals surface area (Å²) in [5, 5.41) is 2.03. The van der Waals surface area contributed by atoms with Crippen molar-refractivity contribution >= 4 is 12.0 Å². The third-order valence-corrected chi connectivity index (χ3v) is 1.64. The van der Waals surface area contributed by atoms with E-state index < -0.39 is 18.1 Å². The highest BCUT2D eigenvalue weighted by atomic mass is 16.6. The summed E-state index contributed by atoms with van der Waals surface area (Å²) >= 11 is 0. The maximum absolute atomic E-state index is 11.1. The predicted octanol–water partition coefficient (Wildman–Crippen LogP) is 0.389. The minimum absolute atomic E-state index is 0.436. The minimum Gasteiger partial charge on any atom is -0.429 e. The Morgan fingerprint density at radius 2 is 2.23 bits per heavy atom. The lowest BCUT2D eigenvalue weighted by Gasteiger charge is -2.03. The molecular weight excluding hydrogens is 172 g/mol. The van der Waals surface area contributed by atoms with Crippen molar-refractivity contribution in [2.45, 2.75) is 6.10 Å². The lowest BCUT2D eigenvalue weighted by Crippen LogP contribution is -2.20. The van der Waals surface area contributed by atoms with Gasteiger partial charge in [-0.25, -0.2) is 4.79 Å². The van der Waals surface area contributed by atoms with Crippen LogP contribution >= 0.6 is 0 Å². The normalized spacial score (nSPS) is 21.1. The number of hydrogen-bond acceptors (Lipinski definition) is 4. The van der Waals surface area contributed by atoms with Gasteiger partial charge in [-0.2, -0.15) is 0 Å². The summed E-state index contributed by atoms with van der Waals surface area (Å²) in [6.07, 6.45) is -0.0799. The number of imide groups is 1. The van der Waals surface area contributed by atoms with E-state index in [0.717, 1.165) is 0 Å². The molecule has 0 bridgehead atoms. The molecule has 13 heavy (non-hydrogen) atoms. The van der Waals surface area contributed by atoms with Crippen molar-refractivity contribution in [3.63, 3.8) is 0 Å². The van der Waals surface area contributed by atoms with Gasteiger partial charge >= 0.3 is 6.09 Å². The molecule has 2 amide bonds. The van der Waals surface area contributed by atoms with E-state index in [2.05, 4.69) is 4.98 Å². The zero-order valence-corrected chi connectivity index (χ0v) is 6.56. The van der Waals surface area contributed by atoms with Crippen molar-refractivity contribution in [1.29, 1.82) is 0 Å². The molecule has 5 heteroatoms. The Kier molecular flexibility index (Phi) is 1.70. The molecule has 0 saturated carbocycles. The fourth-order valence-electron chi connectivity index (χ4n) is 1.08. The first-order valence-electron chi connectivity index (χ1n) is 3.70. The van der Waals surface area contributed by atoms with E-state index >= 15 is 0 Å². The van der Waals surface area contributed by atoms with Crippen LogP contribution in [0.5, 0.6) is 0 Å². The number of ether oxygens (including phenoxy) is 1. The molecule has 1 unspecified atom stereocenters. The third kappa shape index (κ3) is 1.35. The number of nitrogens with one attached hydrogen (secondary N) is 1. The Labute approximate surface area is 73.7 Å². The lowest BCUT2D eigenvalue weighted by molar-refractivity contribution is -0.123. The summed E-state index contributed by atoms with van der Waals surface area (Å²) in [5.74, 6) is -0.469. The highest BCUT2D eigenvalue weighted by Gasteiger charge is 2.34. The molecule has 1 aliphatic heterocycles. The second kappa shape index (κ2) is 2.85. The number of cyclic esters (lactones) is 1. The fourth-order valence-corrected chi connectivity index (χ4v) is 1.08. The summed E-state index contributed by atoms with van der Waals surface area (Å²) in [4.78, 5) is 25.7.